The summed E-state index contributed by atoms with van der Waals surface area (Å²) in [5.74, 6) is 0.0190. The Balaban J connectivity index is 2.96. The van der Waals surface area contributed by atoms with Gasteiger partial charge in [0.15, 0.2) is 0 Å². The molecule has 12 heavy (non-hydrogen) atoms. The van der Waals surface area contributed by atoms with Gasteiger partial charge in [0.2, 0.25) is 0 Å². The molecule has 0 aliphatic heterocycles. The van der Waals surface area contributed by atoms with E-state index >= 15 is 0 Å². The van der Waals surface area contributed by atoms with Crippen molar-refractivity contribution >= 4 is 11.6 Å². The normalized spacial score (nSPS) is 12.9. The summed E-state index contributed by atoms with van der Waals surface area (Å²) in [5.41, 5.74) is 6.23. The number of phenols is 1. The van der Waals surface area contributed by atoms with Crippen LogP contribution in [-0.2, 0) is 0 Å². The third kappa shape index (κ3) is 1.88. The van der Waals surface area contributed by atoms with E-state index in [-0.39, 0.29) is 17.4 Å². The van der Waals surface area contributed by atoms with Crippen LogP contribution in [0.3, 0.4) is 0 Å². The van der Waals surface area contributed by atoms with E-state index in [0.29, 0.717) is 5.56 Å². The van der Waals surface area contributed by atoms with Crippen LogP contribution in [-0.4, -0.2) is 16.8 Å². The molecule has 0 saturated heterocycles. The van der Waals surface area contributed by atoms with E-state index in [4.69, 9.17) is 27.5 Å². The van der Waals surface area contributed by atoms with Crippen molar-refractivity contribution < 1.29 is 10.2 Å². The lowest BCUT2D eigenvalue weighted by molar-refractivity contribution is 0.268. The van der Waals surface area contributed by atoms with Crippen LogP contribution in [0.4, 0.5) is 0 Å². The molecular formula is C8H10ClNO2. The Morgan fingerprint density at radius 1 is 1.50 bits per heavy atom. The number of aliphatic hydroxyl groups is 1. The Labute approximate surface area is 75.4 Å². The summed E-state index contributed by atoms with van der Waals surface area (Å²) in [4.78, 5) is 0. The lowest BCUT2D eigenvalue weighted by Crippen LogP contribution is -2.14. The van der Waals surface area contributed by atoms with E-state index in [1.807, 2.05) is 0 Å². The summed E-state index contributed by atoms with van der Waals surface area (Å²) >= 11 is 5.63. The zero-order chi connectivity index (χ0) is 9.14. The van der Waals surface area contributed by atoms with Crippen LogP contribution in [0.5, 0.6) is 5.75 Å². The van der Waals surface area contributed by atoms with Gasteiger partial charge in [-0.05, 0) is 17.7 Å². The lowest BCUT2D eigenvalue weighted by Gasteiger charge is -2.08. The monoisotopic (exact) mass is 187 g/mol. The molecule has 0 aliphatic rings. The predicted molar refractivity (Wildman–Crippen MR) is 47.1 cm³/mol. The summed E-state index contributed by atoms with van der Waals surface area (Å²) < 4.78 is 0. The predicted octanol–water partition coefficient (Wildman–Crippen LogP) is 1.04. The minimum Gasteiger partial charge on any atom is -0.506 e. The zero-order valence-corrected chi connectivity index (χ0v) is 7.12. The molecule has 0 fully saturated rings. The van der Waals surface area contributed by atoms with E-state index in [2.05, 4.69) is 0 Å². The fourth-order valence-corrected chi connectivity index (χ4v) is 1.05. The van der Waals surface area contributed by atoms with Crippen molar-refractivity contribution in [2.75, 3.05) is 6.61 Å². The van der Waals surface area contributed by atoms with Crippen LogP contribution < -0.4 is 5.73 Å². The van der Waals surface area contributed by atoms with Gasteiger partial charge in [-0.15, -0.1) is 0 Å². The summed E-state index contributed by atoms with van der Waals surface area (Å²) in [6.07, 6.45) is 0. The highest BCUT2D eigenvalue weighted by Crippen LogP contribution is 2.25. The lowest BCUT2D eigenvalue weighted by atomic mass is 10.1. The van der Waals surface area contributed by atoms with Crippen LogP contribution in [0.2, 0.25) is 5.02 Å². The first kappa shape index (κ1) is 9.32. The molecule has 1 aromatic rings. The highest BCUT2D eigenvalue weighted by atomic mass is 35.5. The van der Waals surface area contributed by atoms with Gasteiger partial charge in [0.25, 0.3) is 0 Å². The SMILES string of the molecule is NC(CO)c1ccc(O)c(Cl)c1. The van der Waals surface area contributed by atoms with Gasteiger partial charge in [-0.3, -0.25) is 0 Å². The Bertz CT molecular complexity index is 278. The summed E-state index contributed by atoms with van der Waals surface area (Å²) in [6.45, 7) is -0.138. The van der Waals surface area contributed by atoms with Crippen molar-refractivity contribution in [2.45, 2.75) is 6.04 Å². The second-order valence-electron chi connectivity index (χ2n) is 2.50. The van der Waals surface area contributed by atoms with Crippen LogP contribution in [0, 0.1) is 0 Å². The Hall–Kier alpha value is -0.770. The zero-order valence-electron chi connectivity index (χ0n) is 6.37. The minimum absolute atomic E-state index is 0.0190. The van der Waals surface area contributed by atoms with E-state index in [1.54, 1.807) is 6.07 Å². The third-order valence-corrected chi connectivity index (χ3v) is 1.90. The molecule has 0 radical (unpaired) electrons. The number of hydrogen-bond acceptors (Lipinski definition) is 3. The van der Waals surface area contributed by atoms with Gasteiger partial charge in [0.05, 0.1) is 17.7 Å². The molecule has 4 N–H and O–H groups in total. The van der Waals surface area contributed by atoms with Crippen molar-refractivity contribution in [1.82, 2.24) is 0 Å². The smallest absolute Gasteiger partial charge is 0.134 e. The number of aliphatic hydroxyl groups excluding tert-OH is 1. The van der Waals surface area contributed by atoms with Crippen molar-refractivity contribution in [3.63, 3.8) is 0 Å². The highest BCUT2D eigenvalue weighted by Gasteiger charge is 2.06. The number of nitrogens with two attached hydrogens (primary N) is 1. The van der Waals surface area contributed by atoms with Crippen molar-refractivity contribution in [1.29, 1.82) is 0 Å². The quantitative estimate of drug-likeness (QED) is 0.648. The molecule has 1 unspecified atom stereocenters. The maximum Gasteiger partial charge on any atom is 0.134 e. The Morgan fingerprint density at radius 3 is 2.67 bits per heavy atom. The summed E-state index contributed by atoms with van der Waals surface area (Å²) in [7, 11) is 0. The van der Waals surface area contributed by atoms with Gasteiger partial charge in [-0.1, -0.05) is 17.7 Å². The van der Waals surface area contributed by atoms with E-state index in [0.717, 1.165) is 0 Å². The van der Waals surface area contributed by atoms with Crippen LogP contribution >= 0.6 is 11.6 Å². The number of hydrogen-bond donors (Lipinski definition) is 3. The standard InChI is InChI=1S/C8H10ClNO2/c9-6-3-5(7(10)4-11)1-2-8(6)12/h1-3,7,11-12H,4,10H2. The molecule has 0 bridgehead atoms. The molecular weight excluding hydrogens is 178 g/mol. The largest absolute Gasteiger partial charge is 0.506 e. The molecule has 1 atom stereocenters. The van der Waals surface area contributed by atoms with Crippen LogP contribution in [0.25, 0.3) is 0 Å². The second-order valence-corrected chi connectivity index (χ2v) is 2.91. The molecule has 66 valence electrons. The number of phenolic OH excluding ortho intramolecular Hbond substituents is 1. The van der Waals surface area contributed by atoms with Gasteiger partial charge in [0, 0.05) is 0 Å². The first-order chi connectivity index (χ1) is 5.65. The number of benzene rings is 1. The molecule has 0 aromatic heterocycles. The van der Waals surface area contributed by atoms with E-state index < -0.39 is 6.04 Å². The Morgan fingerprint density at radius 2 is 2.17 bits per heavy atom. The van der Waals surface area contributed by atoms with Crippen LogP contribution in [0.1, 0.15) is 11.6 Å². The molecule has 1 aromatic carbocycles. The average Bonchev–Trinajstić information content (AvgIpc) is 2.08. The first-order valence-electron chi connectivity index (χ1n) is 3.50. The average molecular weight is 188 g/mol. The fourth-order valence-electron chi connectivity index (χ4n) is 0.859. The number of rotatable bonds is 2. The topological polar surface area (TPSA) is 66.5 Å². The van der Waals surface area contributed by atoms with Crippen molar-refractivity contribution in [2.24, 2.45) is 5.73 Å². The van der Waals surface area contributed by atoms with Crippen molar-refractivity contribution in [3.05, 3.63) is 28.8 Å². The van der Waals surface area contributed by atoms with Gasteiger partial charge in [-0.25, -0.2) is 0 Å². The highest BCUT2D eigenvalue weighted by molar-refractivity contribution is 6.32. The molecule has 0 heterocycles. The maximum atomic E-state index is 9.06. The number of halogens is 1. The van der Waals surface area contributed by atoms with E-state index in [1.165, 1.54) is 12.1 Å². The molecule has 1 rings (SSSR count). The molecule has 3 nitrogen and oxygen atoms in total. The molecule has 0 amide bonds. The summed E-state index contributed by atoms with van der Waals surface area (Å²) in [5, 5.41) is 18.0. The van der Waals surface area contributed by atoms with Crippen molar-refractivity contribution in [3.8, 4) is 5.75 Å². The van der Waals surface area contributed by atoms with Crippen LogP contribution in [0.15, 0.2) is 18.2 Å². The third-order valence-electron chi connectivity index (χ3n) is 1.60. The fraction of sp³-hybridized carbons (Fsp3) is 0.250. The Kier molecular flexibility index (Phi) is 2.92. The second kappa shape index (κ2) is 3.76. The molecule has 0 saturated carbocycles. The van der Waals surface area contributed by atoms with Gasteiger partial charge >= 0.3 is 0 Å². The first-order valence-corrected chi connectivity index (χ1v) is 3.88. The molecule has 0 aliphatic carbocycles. The number of aromatic hydroxyl groups is 1. The minimum atomic E-state index is -0.442. The maximum absolute atomic E-state index is 9.06. The van der Waals surface area contributed by atoms with Gasteiger partial charge in [-0.2, -0.15) is 0 Å². The van der Waals surface area contributed by atoms with Gasteiger partial charge < -0.3 is 15.9 Å². The molecule has 4 heteroatoms. The van der Waals surface area contributed by atoms with E-state index in [9.17, 15) is 0 Å². The van der Waals surface area contributed by atoms with Gasteiger partial charge in [0.1, 0.15) is 5.75 Å². The molecule has 0 spiro atoms. The summed E-state index contributed by atoms with van der Waals surface area (Å²) in [6, 6.07) is 4.18.